The lowest BCUT2D eigenvalue weighted by Gasteiger charge is -2.09. The summed E-state index contributed by atoms with van der Waals surface area (Å²) in [7, 11) is 0. The number of Topliss-reactive ketones (excluding diaryl/α,β-unsaturated/α-hetero) is 1. The largest absolute Gasteiger partial charge is 0.488 e. The van der Waals surface area contributed by atoms with E-state index in [-0.39, 0.29) is 11.4 Å². The summed E-state index contributed by atoms with van der Waals surface area (Å²) in [5, 5.41) is 9.38. The second kappa shape index (κ2) is 8.98. The molecule has 0 aliphatic heterocycles. The molecule has 0 aliphatic rings. The van der Waals surface area contributed by atoms with E-state index in [1.54, 1.807) is 30.3 Å². The molecule has 0 saturated heterocycles. The quantitative estimate of drug-likeness (QED) is 0.288. The highest BCUT2D eigenvalue weighted by Crippen LogP contribution is 2.28. The zero-order valence-electron chi connectivity index (χ0n) is 14.4. The van der Waals surface area contributed by atoms with Gasteiger partial charge in [-0.3, -0.25) is 4.79 Å². The maximum Gasteiger partial charge on any atom is 0.203 e. The first-order valence-electron chi connectivity index (χ1n) is 8.35. The van der Waals surface area contributed by atoms with Crippen molar-refractivity contribution >= 4 is 27.8 Å². The zero-order chi connectivity index (χ0) is 19.1. The lowest BCUT2D eigenvalue weighted by atomic mass is 10.0. The van der Waals surface area contributed by atoms with E-state index in [1.807, 2.05) is 60.7 Å². The molecule has 3 nitrogen and oxygen atoms in total. The van der Waals surface area contributed by atoms with Gasteiger partial charge in [-0.2, -0.15) is 5.26 Å². The molecule has 3 aromatic rings. The van der Waals surface area contributed by atoms with Gasteiger partial charge in [0.1, 0.15) is 24.0 Å². The van der Waals surface area contributed by atoms with Crippen molar-refractivity contribution < 1.29 is 9.53 Å². The van der Waals surface area contributed by atoms with Crippen LogP contribution in [-0.2, 0) is 6.61 Å². The van der Waals surface area contributed by atoms with Gasteiger partial charge in [0.15, 0.2) is 0 Å². The molecule has 0 saturated carbocycles. The highest BCUT2D eigenvalue weighted by molar-refractivity contribution is 9.10. The molecule has 0 unspecified atom stereocenters. The summed E-state index contributed by atoms with van der Waals surface area (Å²) in [6, 6.07) is 26.1. The highest BCUT2D eigenvalue weighted by atomic mass is 79.9. The number of nitriles is 1. The summed E-state index contributed by atoms with van der Waals surface area (Å²) in [6.07, 6.45) is 1.58. The van der Waals surface area contributed by atoms with Crippen molar-refractivity contribution in [3.8, 4) is 11.8 Å². The number of hydrogen-bond donors (Lipinski definition) is 0. The third kappa shape index (κ3) is 4.93. The summed E-state index contributed by atoms with van der Waals surface area (Å²) in [4.78, 5) is 12.5. The third-order valence-corrected chi connectivity index (χ3v) is 4.52. The Labute approximate surface area is 166 Å². The van der Waals surface area contributed by atoms with E-state index in [1.165, 1.54) is 0 Å². The maximum absolute atomic E-state index is 12.5. The number of ether oxygens (including phenoxy) is 1. The van der Waals surface area contributed by atoms with Crippen LogP contribution >= 0.6 is 15.9 Å². The van der Waals surface area contributed by atoms with Crippen LogP contribution in [0.2, 0.25) is 0 Å². The number of hydrogen-bond acceptors (Lipinski definition) is 3. The van der Waals surface area contributed by atoms with Gasteiger partial charge >= 0.3 is 0 Å². The van der Waals surface area contributed by atoms with Gasteiger partial charge in [-0.1, -0.05) is 66.7 Å². The number of benzene rings is 3. The second-order valence-electron chi connectivity index (χ2n) is 5.83. The smallest absolute Gasteiger partial charge is 0.203 e. The van der Waals surface area contributed by atoms with Crippen molar-refractivity contribution in [3.63, 3.8) is 0 Å². The van der Waals surface area contributed by atoms with Crippen molar-refractivity contribution in [3.05, 3.63) is 106 Å². The van der Waals surface area contributed by atoms with Crippen LogP contribution < -0.4 is 4.74 Å². The summed E-state index contributed by atoms with van der Waals surface area (Å²) in [5.74, 6) is 0.405. The predicted octanol–water partition coefficient (Wildman–Crippen LogP) is 5.82. The van der Waals surface area contributed by atoms with Crippen LogP contribution in [0.15, 0.2) is 88.9 Å². The number of rotatable bonds is 6. The molecule has 0 aliphatic carbocycles. The van der Waals surface area contributed by atoms with Gasteiger partial charge in [0.2, 0.25) is 5.78 Å². The summed E-state index contributed by atoms with van der Waals surface area (Å²) in [5.41, 5.74) is 2.40. The average molecular weight is 418 g/mol. The topological polar surface area (TPSA) is 50.1 Å². The van der Waals surface area contributed by atoms with Crippen molar-refractivity contribution in [2.45, 2.75) is 6.61 Å². The Balaban J connectivity index is 1.77. The van der Waals surface area contributed by atoms with E-state index in [9.17, 15) is 10.1 Å². The molecule has 0 atom stereocenters. The number of carbonyl (C=O) groups excluding carboxylic acids is 1. The molecule has 3 aromatic carbocycles. The minimum atomic E-state index is -0.293. The van der Waals surface area contributed by atoms with Crippen LogP contribution in [0.4, 0.5) is 0 Å². The molecule has 0 heterocycles. The van der Waals surface area contributed by atoms with Crippen LogP contribution in [0.25, 0.3) is 6.08 Å². The van der Waals surface area contributed by atoms with Gasteiger partial charge in [0.25, 0.3) is 0 Å². The SMILES string of the molecule is N#C/C(=C\c1ccc(OCc2ccccc2)c(Br)c1)C(=O)c1ccccc1. The molecule has 27 heavy (non-hydrogen) atoms. The molecule has 0 bridgehead atoms. The Morgan fingerprint density at radius 3 is 2.30 bits per heavy atom. The average Bonchev–Trinajstić information content (AvgIpc) is 2.72. The maximum atomic E-state index is 12.5. The second-order valence-corrected chi connectivity index (χ2v) is 6.68. The Morgan fingerprint density at radius 2 is 1.67 bits per heavy atom. The Morgan fingerprint density at radius 1 is 1.00 bits per heavy atom. The molecule has 3 rings (SSSR count). The Bertz CT molecular complexity index is 1010. The van der Waals surface area contributed by atoms with Gasteiger partial charge in [-0.05, 0) is 45.3 Å². The van der Waals surface area contributed by atoms with Crippen LogP contribution in [-0.4, -0.2) is 5.78 Å². The fraction of sp³-hybridized carbons (Fsp3) is 0.0435. The van der Waals surface area contributed by atoms with Crippen molar-refractivity contribution in [1.29, 1.82) is 5.26 Å². The van der Waals surface area contributed by atoms with E-state index in [4.69, 9.17) is 4.74 Å². The zero-order valence-corrected chi connectivity index (χ0v) is 16.0. The first-order valence-corrected chi connectivity index (χ1v) is 9.14. The molecule has 0 fully saturated rings. The third-order valence-electron chi connectivity index (χ3n) is 3.91. The van der Waals surface area contributed by atoms with Crippen molar-refractivity contribution in [2.24, 2.45) is 0 Å². The highest BCUT2D eigenvalue weighted by Gasteiger charge is 2.12. The summed E-state index contributed by atoms with van der Waals surface area (Å²) >= 11 is 3.49. The lowest BCUT2D eigenvalue weighted by molar-refractivity contribution is 0.104. The van der Waals surface area contributed by atoms with Gasteiger partial charge in [-0.25, -0.2) is 0 Å². The lowest BCUT2D eigenvalue weighted by Crippen LogP contribution is -2.01. The molecular weight excluding hydrogens is 402 g/mol. The first kappa shape index (κ1) is 18.6. The fourth-order valence-electron chi connectivity index (χ4n) is 2.52. The van der Waals surface area contributed by atoms with E-state index in [2.05, 4.69) is 15.9 Å². The van der Waals surface area contributed by atoms with Crippen LogP contribution in [0.3, 0.4) is 0 Å². The standard InChI is InChI=1S/C23H16BrNO2/c24-21-14-18(11-12-22(21)27-16-17-7-3-1-4-8-17)13-20(15-25)23(26)19-9-5-2-6-10-19/h1-14H,16H2/b20-13+. The van der Waals surface area contributed by atoms with Crippen molar-refractivity contribution in [2.75, 3.05) is 0 Å². The van der Waals surface area contributed by atoms with E-state index >= 15 is 0 Å². The van der Waals surface area contributed by atoms with Gasteiger partial charge < -0.3 is 4.74 Å². The minimum absolute atomic E-state index is 0.0889. The fourth-order valence-corrected chi connectivity index (χ4v) is 3.03. The number of halogens is 1. The Hall–Kier alpha value is -3.16. The van der Waals surface area contributed by atoms with Crippen LogP contribution in [0, 0.1) is 11.3 Å². The number of allylic oxidation sites excluding steroid dienone is 1. The van der Waals surface area contributed by atoms with E-state index in [0.29, 0.717) is 17.9 Å². The van der Waals surface area contributed by atoms with Crippen LogP contribution in [0.5, 0.6) is 5.75 Å². The molecule has 0 spiro atoms. The van der Waals surface area contributed by atoms with Gasteiger partial charge in [0.05, 0.1) is 4.47 Å². The Kier molecular flexibility index (Phi) is 6.19. The molecule has 132 valence electrons. The molecular formula is C23H16BrNO2. The number of ketones is 1. The monoisotopic (exact) mass is 417 g/mol. The minimum Gasteiger partial charge on any atom is -0.488 e. The van der Waals surface area contributed by atoms with E-state index < -0.39 is 0 Å². The summed E-state index contributed by atoms with van der Waals surface area (Å²) in [6.45, 7) is 0.463. The number of carbonyl (C=O) groups is 1. The van der Waals surface area contributed by atoms with Crippen LogP contribution in [0.1, 0.15) is 21.5 Å². The molecule has 0 amide bonds. The normalized spacial score (nSPS) is 10.9. The molecule has 0 N–H and O–H groups in total. The van der Waals surface area contributed by atoms with Gasteiger partial charge in [0, 0.05) is 5.56 Å². The number of nitrogens with zero attached hydrogens (tertiary/aromatic N) is 1. The van der Waals surface area contributed by atoms with E-state index in [0.717, 1.165) is 15.6 Å². The molecule has 0 radical (unpaired) electrons. The summed E-state index contributed by atoms with van der Waals surface area (Å²) < 4.78 is 6.59. The van der Waals surface area contributed by atoms with Crippen molar-refractivity contribution in [1.82, 2.24) is 0 Å². The predicted molar refractivity (Wildman–Crippen MR) is 109 cm³/mol. The first-order chi connectivity index (χ1) is 13.2. The molecule has 4 heteroatoms. The van der Waals surface area contributed by atoms with Gasteiger partial charge in [-0.15, -0.1) is 0 Å². The molecule has 0 aromatic heterocycles.